The number of carbonyl (C=O) groups excluding carboxylic acids is 1. The molecular formula is C27H32F3N5O12S. The smallest absolute Gasteiger partial charge is 0.481 e. The lowest BCUT2D eigenvalue weighted by Gasteiger charge is -2.27. The Morgan fingerprint density at radius 1 is 0.875 bits per heavy atom. The maximum atomic E-state index is 13.0. The topological polar surface area (TPSA) is 289 Å². The molecule has 2 aromatic rings. The molecule has 9 N–H and O–H groups in total. The molecule has 0 spiro atoms. The summed E-state index contributed by atoms with van der Waals surface area (Å²) in [6, 6.07) is 9.94. The average molecular weight is 708 g/mol. The SMILES string of the molecule is NC(N)=Nc1ccc(C(=O)Oc2ccc(CNS(=O)(=O)N(CCCCCC(=O)O)C(CC(=O)O)C(=O)O)cc2)cc1.O=C(O)C(F)(F)F. The van der Waals surface area contributed by atoms with Crippen molar-refractivity contribution in [1.82, 2.24) is 9.03 Å². The van der Waals surface area contributed by atoms with Gasteiger partial charge in [0.05, 0.1) is 17.7 Å². The van der Waals surface area contributed by atoms with Gasteiger partial charge in [-0.2, -0.15) is 30.6 Å². The van der Waals surface area contributed by atoms with E-state index >= 15 is 0 Å². The van der Waals surface area contributed by atoms with Gasteiger partial charge in [0, 0.05) is 19.5 Å². The number of unbranched alkanes of at least 4 members (excludes halogenated alkanes) is 2. The van der Waals surface area contributed by atoms with E-state index in [2.05, 4.69) is 9.71 Å². The number of ether oxygens (including phenoxy) is 1. The molecule has 0 amide bonds. The van der Waals surface area contributed by atoms with Crippen molar-refractivity contribution in [2.75, 3.05) is 6.54 Å². The van der Waals surface area contributed by atoms with E-state index in [1.807, 2.05) is 0 Å². The Labute approximate surface area is 270 Å². The van der Waals surface area contributed by atoms with Gasteiger partial charge in [0.2, 0.25) is 0 Å². The lowest BCUT2D eigenvalue weighted by molar-refractivity contribution is -0.192. The van der Waals surface area contributed by atoms with Crippen molar-refractivity contribution < 1.29 is 70.7 Å². The molecule has 0 fully saturated rings. The summed E-state index contributed by atoms with van der Waals surface area (Å²) >= 11 is 0. The highest BCUT2D eigenvalue weighted by molar-refractivity contribution is 7.87. The first-order valence-corrected chi connectivity index (χ1v) is 14.9. The van der Waals surface area contributed by atoms with Crippen LogP contribution in [-0.4, -0.2) is 87.7 Å². The van der Waals surface area contributed by atoms with Crippen LogP contribution in [0.5, 0.6) is 5.75 Å². The second-order valence-electron chi connectivity index (χ2n) is 9.51. The molecule has 0 aliphatic carbocycles. The summed E-state index contributed by atoms with van der Waals surface area (Å²) in [5.41, 5.74) is 11.7. The van der Waals surface area contributed by atoms with Gasteiger partial charge in [0.25, 0.3) is 10.2 Å². The standard InChI is InChI=1S/C25H31N5O10S.C2HF3O2/c26-25(27)29-18-9-7-17(8-10-18)24(37)40-19-11-5-16(6-12-19)15-28-41(38,39)30(13-3-1-2-4-21(31)32)20(23(35)36)14-22(33)34;3-2(4,5)1(6)7/h5-12,20,28H,1-4,13-15H2,(H,31,32)(H,33,34)(H,35,36)(H4,26,27,29);(H,6,7). The fraction of sp³-hybridized carbons (Fsp3) is 0.333. The molecule has 0 saturated heterocycles. The fourth-order valence-corrected chi connectivity index (χ4v) is 4.95. The number of aliphatic imine (C=N–C) groups is 1. The molecule has 1 atom stereocenters. The van der Waals surface area contributed by atoms with Crippen LogP contribution in [0, 0.1) is 0 Å². The Balaban J connectivity index is 0.00000148. The number of nitrogens with one attached hydrogen (secondary N) is 1. The van der Waals surface area contributed by atoms with Gasteiger partial charge in [-0.3, -0.25) is 14.4 Å². The maximum absolute atomic E-state index is 13.0. The van der Waals surface area contributed by atoms with Gasteiger partial charge in [0.15, 0.2) is 5.96 Å². The number of aliphatic carboxylic acids is 4. The van der Waals surface area contributed by atoms with Gasteiger partial charge in [-0.05, 0) is 54.8 Å². The molecule has 48 heavy (non-hydrogen) atoms. The molecule has 21 heteroatoms. The summed E-state index contributed by atoms with van der Waals surface area (Å²) in [6.07, 6.45) is -5.54. The van der Waals surface area contributed by atoms with E-state index in [0.29, 0.717) is 22.0 Å². The quantitative estimate of drug-likeness (QED) is 0.0405. The summed E-state index contributed by atoms with van der Waals surface area (Å²) in [6.45, 7) is -0.612. The van der Waals surface area contributed by atoms with E-state index in [9.17, 15) is 45.9 Å². The molecule has 0 radical (unpaired) electrons. The Hall–Kier alpha value is -5.28. The number of carbonyl (C=O) groups is 5. The summed E-state index contributed by atoms with van der Waals surface area (Å²) in [5.74, 6) is -7.54. The van der Waals surface area contributed by atoms with Crippen LogP contribution < -0.4 is 20.9 Å². The molecule has 0 aliphatic rings. The highest BCUT2D eigenvalue weighted by Gasteiger charge is 2.38. The fourth-order valence-electron chi connectivity index (χ4n) is 3.56. The highest BCUT2D eigenvalue weighted by Crippen LogP contribution is 2.19. The Kier molecular flexibility index (Phi) is 15.9. The largest absolute Gasteiger partial charge is 0.490 e. The Bertz CT molecular complexity index is 1560. The molecule has 1 unspecified atom stereocenters. The van der Waals surface area contributed by atoms with E-state index in [-0.39, 0.29) is 49.6 Å². The Morgan fingerprint density at radius 3 is 1.90 bits per heavy atom. The van der Waals surface area contributed by atoms with Gasteiger partial charge in [0.1, 0.15) is 11.8 Å². The van der Waals surface area contributed by atoms with Gasteiger partial charge in [-0.25, -0.2) is 14.6 Å². The van der Waals surface area contributed by atoms with Gasteiger partial charge < -0.3 is 36.6 Å². The molecule has 0 saturated carbocycles. The van der Waals surface area contributed by atoms with E-state index in [0.717, 1.165) is 0 Å². The summed E-state index contributed by atoms with van der Waals surface area (Å²) in [5, 5.41) is 34.5. The molecule has 0 aromatic heterocycles. The van der Waals surface area contributed by atoms with Gasteiger partial charge in [-0.15, -0.1) is 0 Å². The molecule has 17 nitrogen and oxygen atoms in total. The third-order valence-corrected chi connectivity index (χ3v) is 7.34. The van der Waals surface area contributed by atoms with Crippen molar-refractivity contribution in [1.29, 1.82) is 0 Å². The summed E-state index contributed by atoms with van der Waals surface area (Å²) in [7, 11) is -4.48. The molecule has 264 valence electrons. The zero-order valence-electron chi connectivity index (χ0n) is 24.8. The molecular weight excluding hydrogens is 675 g/mol. The number of rotatable bonds is 17. The third kappa shape index (κ3) is 15.3. The predicted octanol–water partition coefficient (Wildman–Crippen LogP) is 1.65. The zero-order valence-corrected chi connectivity index (χ0v) is 25.6. The number of nitrogens with zero attached hydrogens (tertiary/aromatic N) is 2. The lowest BCUT2D eigenvalue weighted by Crippen LogP contribution is -2.51. The van der Waals surface area contributed by atoms with Crippen molar-refractivity contribution in [3.05, 3.63) is 59.7 Å². The van der Waals surface area contributed by atoms with Crippen LogP contribution >= 0.6 is 0 Å². The van der Waals surface area contributed by atoms with Crippen LogP contribution in [0.1, 0.15) is 48.0 Å². The minimum absolute atomic E-state index is 0.120. The van der Waals surface area contributed by atoms with E-state index in [1.165, 1.54) is 48.5 Å². The van der Waals surface area contributed by atoms with Crippen molar-refractivity contribution in [2.45, 2.75) is 50.9 Å². The van der Waals surface area contributed by atoms with Crippen molar-refractivity contribution in [2.24, 2.45) is 16.5 Å². The first-order valence-electron chi connectivity index (χ1n) is 13.5. The molecule has 2 aromatic carbocycles. The van der Waals surface area contributed by atoms with Crippen LogP contribution in [0.25, 0.3) is 0 Å². The zero-order chi connectivity index (χ0) is 36.7. The average Bonchev–Trinajstić information content (AvgIpc) is 2.97. The van der Waals surface area contributed by atoms with Crippen LogP contribution in [0.4, 0.5) is 18.9 Å². The van der Waals surface area contributed by atoms with Crippen LogP contribution in [0.2, 0.25) is 0 Å². The lowest BCUT2D eigenvalue weighted by atomic mass is 10.1. The molecule has 0 bridgehead atoms. The minimum Gasteiger partial charge on any atom is -0.481 e. The summed E-state index contributed by atoms with van der Waals surface area (Å²) in [4.78, 5) is 58.8. The van der Waals surface area contributed by atoms with Crippen LogP contribution in [-0.2, 0) is 35.9 Å². The number of nitrogens with two attached hydrogens (primary N) is 2. The van der Waals surface area contributed by atoms with Crippen LogP contribution in [0.15, 0.2) is 53.5 Å². The van der Waals surface area contributed by atoms with Crippen molar-refractivity contribution in [3.63, 3.8) is 0 Å². The first kappa shape index (κ1) is 40.7. The van der Waals surface area contributed by atoms with Crippen molar-refractivity contribution >= 4 is 51.7 Å². The highest BCUT2D eigenvalue weighted by atomic mass is 32.2. The predicted molar refractivity (Wildman–Crippen MR) is 159 cm³/mol. The third-order valence-electron chi connectivity index (χ3n) is 5.77. The number of hydrogen-bond acceptors (Lipinski definition) is 9. The van der Waals surface area contributed by atoms with Crippen LogP contribution in [0.3, 0.4) is 0 Å². The number of benzene rings is 2. The minimum atomic E-state index is -5.08. The maximum Gasteiger partial charge on any atom is 0.490 e. The molecule has 0 aliphatic heterocycles. The molecule has 2 rings (SSSR count). The van der Waals surface area contributed by atoms with E-state index in [1.54, 1.807) is 0 Å². The van der Waals surface area contributed by atoms with Gasteiger partial charge in [-0.1, -0.05) is 18.6 Å². The van der Waals surface area contributed by atoms with Gasteiger partial charge >= 0.3 is 36.0 Å². The first-order chi connectivity index (χ1) is 22.2. The number of carboxylic acids is 4. The second-order valence-corrected chi connectivity index (χ2v) is 11.2. The normalized spacial score (nSPS) is 11.8. The van der Waals surface area contributed by atoms with E-state index in [4.69, 9.17) is 36.3 Å². The summed E-state index contributed by atoms with van der Waals surface area (Å²) < 4.78 is 65.9. The number of esters is 1. The number of carboxylic acid groups (broad SMARTS) is 4. The monoisotopic (exact) mass is 707 g/mol. The number of halogens is 3. The Morgan fingerprint density at radius 2 is 1.44 bits per heavy atom. The van der Waals surface area contributed by atoms with E-state index < -0.39 is 58.7 Å². The number of guanidine groups is 1. The molecule has 0 heterocycles. The van der Waals surface area contributed by atoms with Crippen molar-refractivity contribution in [3.8, 4) is 5.75 Å². The second kappa shape index (κ2) is 18.8. The number of alkyl halides is 3. The number of hydrogen-bond donors (Lipinski definition) is 7.